The van der Waals surface area contributed by atoms with Crippen LogP contribution in [0.4, 0.5) is 0 Å². The average Bonchev–Trinajstić information content (AvgIpc) is 2.51. The lowest BCUT2D eigenvalue weighted by molar-refractivity contribution is -0.131. The Morgan fingerprint density at radius 2 is 1.95 bits per heavy atom. The van der Waals surface area contributed by atoms with Gasteiger partial charge in [-0.05, 0) is 30.4 Å². The summed E-state index contributed by atoms with van der Waals surface area (Å²) < 4.78 is 11.4. The Bertz CT molecular complexity index is 517. The Morgan fingerprint density at radius 3 is 2.76 bits per heavy atom. The van der Waals surface area contributed by atoms with E-state index in [1.54, 1.807) is 0 Å². The zero-order chi connectivity index (χ0) is 14.8. The molecule has 0 radical (unpaired) electrons. The first-order chi connectivity index (χ1) is 10.1. The summed E-state index contributed by atoms with van der Waals surface area (Å²) in [4.78, 5) is 12.4. The second-order valence-corrected chi connectivity index (χ2v) is 6.25. The molecule has 1 aromatic carbocycles. The molecule has 3 rings (SSSR count). The molecule has 1 amide bonds. The maximum absolute atomic E-state index is 12.4. The van der Waals surface area contributed by atoms with Gasteiger partial charge in [0.25, 0.3) is 5.91 Å². The number of hydrogen-bond acceptors (Lipinski definition) is 3. The quantitative estimate of drug-likeness (QED) is 0.910. The van der Waals surface area contributed by atoms with Crippen molar-refractivity contribution >= 4 is 5.91 Å². The van der Waals surface area contributed by atoms with Crippen LogP contribution in [0.2, 0.25) is 0 Å². The van der Waals surface area contributed by atoms with Gasteiger partial charge in [-0.2, -0.15) is 0 Å². The van der Waals surface area contributed by atoms with E-state index in [0.717, 1.165) is 6.42 Å². The molecule has 1 aliphatic carbocycles. The second kappa shape index (κ2) is 5.96. The van der Waals surface area contributed by atoms with Crippen molar-refractivity contribution in [3.05, 3.63) is 24.3 Å². The molecule has 4 atom stereocenters. The van der Waals surface area contributed by atoms with Crippen LogP contribution in [0, 0.1) is 11.8 Å². The number of carbonyl (C=O) groups excluding carboxylic acids is 1. The molecule has 1 aromatic rings. The molecule has 0 spiro atoms. The van der Waals surface area contributed by atoms with E-state index in [9.17, 15) is 4.79 Å². The zero-order valence-corrected chi connectivity index (χ0v) is 12.7. The van der Waals surface area contributed by atoms with Crippen LogP contribution in [0.15, 0.2) is 24.3 Å². The first-order valence-corrected chi connectivity index (χ1v) is 7.84. The maximum Gasteiger partial charge on any atom is 0.264 e. The van der Waals surface area contributed by atoms with Crippen molar-refractivity contribution in [1.29, 1.82) is 0 Å². The van der Waals surface area contributed by atoms with Gasteiger partial charge in [0.1, 0.15) is 6.61 Å². The summed E-state index contributed by atoms with van der Waals surface area (Å²) in [6, 6.07) is 7.72. The molecule has 0 unspecified atom stereocenters. The Balaban J connectivity index is 1.62. The van der Waals surface area contributed by atoms with Crippen LogP contribution in [-0.2, 0) is 4.79 Å². The van der Waals surface area contributed by atoms with Crippen molar-refractivity contribution < 1.29 is 14.3 Å². The Hall–Kier alpha value is -1.71. The Morgan fingerprint density at radius 1 is 1.19 bits per heavy atom. The summed E-state index contributed by atoms with van der Waals surface area (Å²) in [5.41, 5.74) is 0. The number of carbonyl (C=O) groups is 1. The molecule has 0 saturated heterocycles. The lowest BCUT2D eigenvalue weighted by Crippen LogP contribution is -2.51. The van der Waals surface area contributed by atoms with E-state index >= 15 is 0 Å². The predicted octanol–water partition coefficient (Wildman–Crippen LogP) is 2.77. The van der Waals surface area contributed by atoms with Crippen LogP contribution >= 0.6 is 0 Å². The first-order valence-electron chi connectivity index (χ1n) is 7.84. The minimum absolute atomic E-state index is 0.0598. The highest BCUT2D eigenvalue weighted by Gasteiger charge is 2.32. The molecule has 1 saturated carbocycles. The number of rotatable bonds is 2. The second-order valence-electron chi connectivity index (χ2n) is 6.25. The summed E-state index contributed by atoms with van der Waals surface area (Å²) in [6.45, 7) is 4.77. The molecule has 1 aliphatic heterocycles. The molecule has 1 fully saturated rings. The van der Waals surface area contributed by atoms with E-state index in [0.29, 0.717) is 23.3 Å². The van der Waals surface area contributed by atoms with E-state index in [4.69, 9.17) is 9.47 Å². The number of nitrogens with one attached hydrogen (secondary N) is 1. The lowest BCUT2D eigenvalue weighted by Gasteiger charge is -2.35. The molecule has 1 heterocycles. The smallest absolute Gasteiger partial charge is 0.264 e. The average molecular weight is 289 g/mol. The van der Waals surface area contributed by atoms with Gasteiger partial charge >= 0.3 is 0 Å². The largest absolute Gasteiger partial charge is 0.485 e. The minimum Gasteiger partial charge on any atom is -0.485 e. The molecule has 21 heavy (non-hydrogen) atoms. The van der Waals surface area contributed by atoms with E-state index in [2.05, 4.69) is 19.2 Å². The third kappa shape index (κ3) is 2.99. The minimum atomic E-state index is -0.552. The van der Waals surface area contributed by atoms with Gasteiger partial charge in [0.15, 0.2) is 11.5 Å². The monoisotopic (exact) mass is 289 g/mol. The van der Waals surface area contributed by atoms with Gasteiger partial charge < -0.3 is 14.8 Å². The topological polar surface area (TPSA) is 47.6 Å². The summed E-state index contributed by atoms with van der Waals surface area (Å²) >= 11 is 0. The Kier molecular flexibility index (Phi) is 4.04. The van der Waals surface area contributed by atoms with Gasteiger partial charge in [0, 0.05) is 6.04 Å². The fourth-order valence-electron chi connectivity index (χ4n) is 3.21. The van der Waals surface area contributed by atoms with Gasteiger partial charge in [-0.25, -0.2) is 0 Å². The normalized spacial score (nSPS) is 31.5. The molecule has 114 valence electrons. The van der Waals surface area contributed by atoms with Crippen LogP contribution < -0.4 is 14.8 Å². The van der Waals surface area contributed by atoms with E-state index in [-0.39, 0.29) is 18.6 Å². The van der Waals surface area contributed by atoms with Crippen LogP contribution in [-0.4, -0.2) is 24.7 Å². The van der Waals surface area contributed by atoms with Gasteiger partial charge in [0.2, 0.25) is 6.10 Å². The summed E-state index contributed by atoms with van der Waals surface area (Å²) in [6.07, 6.45) is 2.94. The molecule has 2 aliphatic rings. The highest BCUT2D eigenvalue weighted by Crippen LogP contribution is 2.32. The third-order valence-electron chi connectivity index (χ3n) is 4.84. The number of ether oxygens (including phenoxy) is 2. The summed E-state index contributed by atoms with van der Waals surface area (Å²) in [5.74, 6) is 2.47. The third-order valence-corrected chi connectivity index (χ3v) is 4.84. The highest BCUT2D eigenvalue weighted by atomic mass is 16.6. The van der Waals surface area contributed by atoms with Crippen molar-refractivity contribution in [3.8, 4) is 11.5 Å². The zero-order valence-electron chi connectivity index (χ0n) is 12.7. The van der Waals surface area contributed by atoms with Gasteiger partial charge in [-0.15, -0.1) is 0 Å². The number of para-hydroxylation sites is 2. The Labute approximate surface area is 125 Å². The van der Waals surface area contributed by atoms with Crippen molar-refractivity contribution in [2.24, 2.45) is 11.8 Å². The molecule has 4 heteroatoms. The summed E-state index contributed by atoms with van der Waals surface area (Å²) in [5, 5.41) is 3.16. The molecule has 0 aromatic heterocycles. The van der Waals surface area contributed by atoms with Crippen LogP contribution in [0.5, 0.6) is 11.5 Å². The number of benzene rings is 1. The molecular formula is C17H23NO3. The van der Waals surface area contributed by atoms with Crippen molar-refractivity contribution in [2.45, 2.75) is 45.3 Å². The number of hydrogen-bond donors (Lipinski definition) is 1. The highest BCUT2D eigenvalue weighted by molar-refractivity contribution is 5.82. The fraction of sp³-hybridized carbons (Fsp3) is 0.588. The maximum atomic E-state index is 12.4. The van der Waals surface area contributed by atoms with Gasteiger partial charge in [-0.3, -0.25) is 4.79 Å². The molecule has 0 bridgehead atoms. The van der Waals surface area contributed by atoms with Gasteiger partial charge in [-0.1, -0.05) is 38.8 Å². The number of amides is 1. The fourth-order valence-corrected chi connectivity index (χ4v) is 3.21. The number of fused-ring (bicyclic) bond motifs is 1. The van der Waals surface area contributed by atoms with Crippen molar-refractivity contribution in [1.82, 2.24) is 5.32 Å². The van der Waals surface area contributed by atoms with Crippen LogP contribution in [0.25, 0.3) is 0 Å². The van der Waals surface area contributed by atoms with E-state index in [1.807, 2.05) is 24.3 Å². The van der Waals surface area contributed by atoms with Gasteiger partial charge in [0.05, 0.1) is 0 Å². The van der Waals surface area contributed by atoms with Crippen LogP contribution in [0.3, 0.4) is 0 Å². The molecular weight excluding hydrogens is 266 g/mol. The first kappa shape index (κ1) is 14.2. The SMILES string of the molecule is C[C@@H]1[C@H](C)CCC[C@H]1NC(=O)[C@@H]1COc2ccccc2O1. The molecule has 1 N–H and O–H groups in total. The van der Waals surface area contributed by atoms with Crippen LogP contribution in [0.1, 0.15) is 33.1 Å². The standard InChI is InChI=1S/C17H23NO3/c1-11-6-5-7-13(12(11)2)18-17(19)16-10-20-14-8-3-4-9-15(14)21-16/h3-4,8-9,11-13,16H,5-7,10H2,1-2H3,(H,18,19)/t11-,12-,13-,16+/m1/s1. The van der Waals surface area contributed by atoms with Crippen molar-refractivity contribution in [3.63, 3.8) is 0 Å². The van der Waals surface area contributed by atoms with Crippen molar-refractivity contribution in [2.75, 3.05) is 6.61 Å². The predicted molar refractivity (Wildman–Crippen MR) is 80.5 cm³/mol. The van der Waals surface area contributed by atoms with E-state index < -0.39 is 6.10 Å². The van der Waals surface area contributed by atoms with E-state index in [1.165, 1.54) is 12.8 Å². The summed E-state index contributed by atoms with van der Waals surface area (Å²) in [7, 11) is 0. The molecule has 4 nitrogen and oxygen atoms in total. The lowest BCUT2D eigenvalue weighted by atomic mass is 9.78.